The van der Waals surface area contributed by atoms with Gasteiger partial charge in [0.15, 0.2) is 17.1 Å². The van der Waals surface area contributed by atoms with Gasteiger partial charge in [-0.15, -0.1) is 5.06 Å². The van der Waals surface area contributed by atoms with Crippen LogP contribution in [0.25, 0.3) is 5.76 Å². The molecule has 0 heterocycles. The van der Waals surface area contributed by atoms with Gasteiger partial charge in [0.05, 0.1) is 16.6 Å². The number of aromatic hydroxyl groups is 1. The first kappa shape index (κ1) is 29.3. The standard InChI is InChI=1S/C26H31ClN4O9/c1-5-31(6-2)40-25(38)29-17-13(27)9-11-7-10-8-12-18(30(3)4)21(34)16(24(28)37)23(36)26(12,39)22(35)15(10)19(32)14(11)20(17)33/h9-10,12,18,32-33,36,39H,5-8H2,1-4H3,(H2,28,37)(H,29,38)/t10?,12?,18-,26?/m0/s1. The number of ketones is 2. The number of hydrogen-bond acceptors (Lipinski definition) is 11. The number of fused-ring (bicyclic) bond motifs is 3. The first-order valence-electron chi connectivity index (χ1n) is 12.6. The van der Waals surface area contributed by atoms with Gasteiger partial charge in [-0.2, -0.15) is 0 Å². The highest BCUT2D eigenvalue weighted by Gasteiger charge is 2.64. The number of nitrogens with two attached hydrogens (primary N) is 1. The second kappa shape index (κ2) is 10.4. The highest BCUT2D eigenvalue weighted by molar-refractivity contribution is 6.34. The molecule has 2 amide bonds. The lowest BCUT2D eigenvalue weighted by molar-refractivity contribution is -0.153. The van der Waals surface area contributed by atoms with Crippen molar-refractivity contribution in [2.75, 3.05) is 32.5 Å². The number of anilines is 1. The van der Waals surface area contributed by atoms with Crippen LogP contribution in [0.3, 0.4) is 0 Å². The van der Waals surface area contributed by atoms with Crippen molar-refractivity contribution in [1.29, 1.82) is 0 Å². The Bertz CT molecular complexity index is 1380. The van der Waals surface area contributed by atoms with E-state index in [1.807, 2.05) is 0 Å². The van der Waals surface area contributed by atoms with Crippen molar-refractivity contribution in [1.82, 2.24) is 9.96 Å². The predicted octanol–water partition coefficient (Wildman–Crippen LogP) is 1.42. The number of nitrogens with zero attached hydrogens (tertiary/aromatic N) is 2. The lowest BCUT2D eigenvalue weighted by Crippen LogP contribution is -2.65. The van der Waals surface area contributed by atoms with Gasteiger partial charge < -0.3 is 31.0 Å². The number of aliphatic hydroxyl groups excluding tert-OH is 2. The predicted molar refractivity (Wildman–Crippen MR) is 142 cm³/mol. The van der Waals surface area contributed by atoms with E-state index in [2.05, 4.69) is 5.32 Å². The van der Waals surface area contributed by atoms with Gasteiger partial charge in [0.1, 0.15) is 22.8 Å². The average molecular weight is 579 g/mol. The summed E-state index contributed by atoms with van der Waals surface area (Å²) >= 11 is 6.37. The van der Waals surface area contributed by atoms with Crippen molar-refractivity contribution in [2.45, 2.75) is 38.3 Å². The molecular weight excluding hydrogens is 548 g/mol. The lowest BCUT2D eigenvalue weighted by atomic mass is 9.57. The molecule has 3 aliphatic carbocycles. The summed E-state index contributed by atoms with van der Waals surface area (Å²) in [6, 6.07) is 0.234. The fraction of sp³-hybridized carbons (Fsp3) is 0.462. The number of rotatable bonds is 6. The van der Waals surface area contributed by atoms with E-state index < -0.39 is 69.9 Å². The van der Waals surface area contributed by atoms with Crippen molar-refractivity contribution < 1.29 is 44.4 Å². The van der Waals surface area contributed by atoms with Crippen LogP contribution in [0.5, 0.6) is 5.75 Å². The molecule has 0 aromatic heterocycles. The number of primary amides is 1. The van der Waals surface area contributed by atoms with Gasteiger partial charge in [0, 0.05) is 24.6 Å². The molecule has 1 aromatic rings. The lowest BCUT2D eigenvalue weighted by Gasteiger charge is -2.50. The molecule has 7 N–H and O–H groups in total. The maximum Gasteiger partial charge on any atom is 0.430 e. The highest BCUT2D eigenvalue weighted by Crippen LogP contribution is 2.54. The van der Waals surface area contributed by atoms with E-state index in [9.17, 15) is 39.6 Å². The minimum absolute atomic E-state index is 0.0552. The van der Waals surface area contributed by atoms with Crippen LogP contribution in [0.4, 0.5) is 10.5 Å². The zero-order valence-corrected chi connectivity index (χ0v) is 23.1. The number of hydroxylamine groups is 2. The maximum absolute atomic E-state index is 13.9. The molecule has 0 aliphatic heterocycles. The van der Waals surface area contributed by atoms with Crippen molar-refractivity contribution in [3.8, 4) is 5.75 Å². The molecule has 1 aromatic carbocycles. The molecule has 216 valence electrons. The number of phenolic OH excluding ortho intramolecular Hbond substituents is 1. The number of carbonyl (C=O) groups is 4. The summed E-state index contributed by atoms with van der Waals surface area (Å²) < 4.78 is 0. The molecule has 0 bridgehead atoms. The van der Waals surface area contributed by atoms with E-state index in [-0.39, 0.29) is 34.7 Å². The number of Topliss-reactive ketones (excluding diaryl/α,β-unsaturated/α-hetero) is 2. The van der Waals surface area contributed by atoms with Crippen LogP contribution in [-0.2, 0) is 25.6 Å². The van der Waals surface area contributed by atoms with Gasteiger partial charge in [0.25, 0.3) is 5.91 Å². The summed E-state index contributed by atoms with van der Waals surface area (Å²) in [7, 11) is 3.04. The topological polar surface area (TPSA) is 203 Å². The number of benzene rings is 1. The number of likely N-dealkylation sites (N-methyl/N-ethyl adjacent to an activating group) is 1. The Labute approximate surface area is 234 Å². The molecule has 14 heteroatoms. The third kappa shape index (κ3) is 4.29. The molecule has 4 atom stereocenters. The normalized spacial score (nSPS) is 26.1. The molecule has 4 rings (SSSR count). The van der Waals surface area contributed by atoms with E-state index in [0.717, 1.165) is 0 Å². The summed E-state index contributed by atoms with van der Waals surface area (Å²) in [5.74, 6) is -7.75. The molecule has 0 saturated heterocycles. The third-order valence-corrected chi connectivity index (χ3v) is 8.11. The van der Waals surface area contributed by atoms with Gasteiger partial charge >= 0.3 is 6.09 Å². The number of hydrogen-bond donors (Lipinski definition) is 6. The summed E-state index contributed by atoms with van der Waals surface area (Å²) in [6.07, 6.45) is -0.949. The van der Waals surface area contributed by atoms with Gasteiger partial charge in [-0.3, -0.25) is 24.6 Å². The molecule has 40 heavy (non-hydrogen) atoms. The number of halogens is 1. The zero-order chi connectivity index (χ0) is 29.8. The van der Waals surface area contributed by atoms with Crippen molar-refractivity contribution in [3.63, 3.8) is 0 Å². The van der Waals surface area contributed by atoms with Gasteiger partial charge in [-0.25, -0.2) is 4.79 Å². The quantitative estimate of drug-likeness (QED) is 0.162. The van der Waals surface area contributed by atoms with Gasteiger partial charge in [-0.05, 0) is 58.3 Å². The van der Waals surface area contributed by atoms with Crippen LogP contribution in [0.2, 0.25) is 5.02 Å². The SMILES string of the molecule is CCN(CC)OC(=O)Nc1c(Cl)cc2c(c1O)C(O)=C1C(=O)C3(O)C(O)=C(C(N)=O)C(=O)[C@@H](N(C)C)C3CC1C2. The third-order valence-electron chi connectivity index (χ3n) is 7.81. The Balaban J connectivity index is 1.84. The van der Waals surface area contributed by atoms with Crippen LogP contribution >= 0.6 is 11.6 Å². The first-order chi connectivity index (χ1) is 18.7. The summed E-state index contributed by atoms with van der Waals surface area (Å²) in [4.78, 5) is 58.0. The van der Waals surface area contributed by atoms with Gasteiger partial charge in [0.2, 0.25) is 5.78 Å². The minimum Gasteiger partial charge on any atom is -0.508 e. The van der Waals surface area contributed by atoms with Crippen molar-refractivity contribution >= 4 is 46.6 Å². The van der Waals surface area contributed by atoms with E-state index in [1.165, 1.54) is 30.1 Å². The molecule has 0 spiro atoms. The number of amides is 2. The Morgan fingerprint density at radius 1 is 1.20 bits per heavy atom. The molecule has 1 saturated carbocycles. The summed E-state index contributed by atoms with van der Waals surface area (Å²) in [5.41, 5.74) is 1.22. The second-order valence-corrected chi connectivity index (χ2v) is 10.6. The largest absolute Gasteiger partial charge is 0.508 e. The summed E-state index contributed by atoms with van der Waals surface area (Å²) in [5, 5.41) is 48.5. The number of nitrogens with one attached hydrogen (secondary N) is 1. The van der Waals surface area contributed by atoms with E-state index in [0.29, 0.717) is 18.7 Å². The van der Waals surface area contributed by atoms with E-state index in [4.69, 9.17) is 22.2 Å². The Hall–Kier alpha value is -3.65. The van der Waals surface area contributed by atoms with Crippen molar-refractivity contribution in [3.05, 3.63) is 39.1 Å². The van der Waals surface area contributed by atoms with Crippen LogP contribution < -0.4 is 11.1 Å². The average Bonchev–Trinajstić information content (AvgIpc) is 2.86. The number of carbonyl (C=O) groups excluding carboxylic acids is 4. The smallest absolute Gasteiger partial charge is 0.430 e. The van der Waals surface area contributed by atoms with E-state index >= 15 is 0 Å². The Morgan fingerprint density at radius 2 is 1.82 bits per heavy atom. The second-order valence-electron chi connectivity index (χ2n) is 10.2. The molecule has 3 unspecified atom stereocenters. The number of aliphatic hydroxyl groups is 3. The van der Waals surface area contributed by atoms with Crippen LogP contribution in [-0.4, -0.2) is 92.8 Å². The molecule has 13 nitrogen and oxygen atoms in total. The van der Waals surface area contributed by atoms with Crippen LogP contribution in [0, 0.1) is 11.8 Å². The monoisotopic (exact) mass is 578 g/mol. The zero-order valence-electron chi connectivity index (χ0n) is 22.3. The molecule has 3 aliphatic rings. The first-order valence-corrected chi connectivity index (χ1v) is 13.0. The fourth-order valence-corrected chi connectivity index (χ4v) is 6.25. The highest BCUT2D eigenvalue weighted by atomic mass is 35.5. The maximum atomic E-state index is 13.9. The van der Waals surface area contributed by atoms with Crippen LogP contribution in [0.1, 0.15) is 31.4 Å². The molecular formula is C26H31ClN4O9. The van der Waals surface area contributed by atoms with Gasteiger partial charge in [-0.1, -0.05) is 11.6 Å². The Morgan fingerprint density at radius 3 is 2.38 bits per heavy atom. The van der Waals surface area contributed by atoms with E-state index in [1.54, 1.807) is 13.8 Å². The molecule has 0 radical (unpaired) electrons. The summed E-state index contributed by atoms with van der Waals surface area (Å²) in [6.45, 7) is 4.33. The van der Waals surface area contributed by atoms with Crippen LogP contribution in [0.15, 0.2) is 23.0 Å². The molecule has 1 fully saturated rings. The van der Waals surface area contributed by atoms with Crippen molar-refractivity contribution in [2.24, 2.45) is 17.6 Å². The fourth-order valence-electron chi connectivity index (χ4n) is 5.98. The minimum atomic E-state index is -2.75. The Kier molecular flexibility index (Phi) is 7.62. The number of phenols is 1.